The maximum Gasteiger partial charge on any atom is 0.162 e. The highest BCUT2D eigenvalue weighted by molar-refractivity contribution is 7.26. The van der Waals surface area contributed by atoms with Crippen LogP contribution in [0.25, 0.3) is 119 Å². The van der Waals surface area contributed by atoms with Gasteiger partial charge in [0.2, 0.25) is 0 Å². The summed E-state index contributed by atoms with van der Waals surface area (Å²) in [6.45, 7) is 0. The summed E-state index contributed by atoms with van der Waals surface area (Å²) in [4.78, 5) is 11.0. The molecule has 0 aliphatic carbocycles. The molecule has 0 saturated heterocycles. The van der Waals surface area contributed by atoms with Crippen molar-refractivity contribution in [3.8, 4) is 17.2 Å². The van der Waals surface area contributed by atoms with Gasteiger partial charge < -0.3 is 4.40 Å². The molecule has 53 heavy (non-hydrogen) atoms. The van der Waals surface area contributed by atoms with Gasteiger partial charge in [-0.2, -0.15) is 0 Å². The molecule has 5 aromatic heterocycles. The molecule has 0 N–H and O–H groups in total. The summed E-state index contributed by atoms with van der Waals surface area (Å²) in [5.41, 5.74) is 8.03. The molecule has 0 radical (unpaired) electrons. The molecule has 0 saturated carbocycles. The summed E-state index contributed by atoms with van der Waals surface area (Å²) in [5, 5.41) is 13.5. The lowest BCUT2D eigenvalue weighted by Crippen LogP contribution is -2.01. The van der Waals surface area contributed by atoms with Crippen molar-refractivity contribution in [1.29, 1.82) is 0 Å². The van der Waals surface area contributed by atoms with E-state index in [4.69, 9.17) is 9.97 Å². The number of nitrogens with zero attached hydrogens (tertiary/aromatic N) is 4. The van der Waals surface area contributed by atoms with Crippen molar-refractivity contribution in [1.82, 2.24) is 18.9 Å². The summed E-state index contributed by atoms with van der Waals surface area (Å²) in [6.07, 6.45) is 0. The first-order chi connectivity index (χ1) is 26.3. The Morgan fingerprint density at radius 3 is 1.92 bits per heavy atom. The van der Waals surface area contributed by atoms with E-state index in [0.717, 1.165) is 43.8 Å². The Labute approximate surface area is 305 Å². The lowest BCUT2D eigenvalue weighted by Gasteiger charge is -2.12. The van der Waals surface area contributed by atoms with Crippen molar-refractivity contribution in [2.75, 3.05) is 0 Å². The molecule has 0 atom stereocenters. The van der Waals surface area contributed by atoms with Crippen molar-refractivity contribution in [2.24, 2.45) is 0 Å². The minimum absolute atomic E-state index is 0.727. The van der Waals surface area contributed by atoms with E-state index in [1.54, 1.807) is 11.3 Å². The fourth-order valence-corrected chi connectivity index (χ4v) is 10.2. The summed E-state index contributed by atoms with van der Waals surface area (Å²) in [5.74, 6) is 1.64. The highest BCUT2D eigenvalue weighted by Gasteiger charge is 2.26. The zero-order valence-electron chi connectivity index (χ0n) is 28.2. The molecule has 13 rings (SSSR count). The number of para-hydroxylation sites is 2. The second-order valence-electron chi connectivity index (χ2n) is 14.2. The lowest BCUT2D eigenvalue weighted by atomic mass is 10.0. The molecule has 0 aliphatic rings. The normalized spacial score (nSPS) is 12.5. The molecule has 0 unspecified atom stereocenters. The van der Waals surface area contributed by atoms with Crippen LogP contribution in [-0.4, -0.2) is 18.9 Å². The first kappa shape index (κ1) is 27.8. The van der Waals surface area contributed by atoms with Gasteiger partial charge in [-0.05, 0) is 64.0 Å². The molecular formula is C48H26N4S. The smallest absolute Gasteiger partial charge is 0.162 e. The number of hydrogen-bond donors (Lipinski definition) is 0. The molecule has 8 aromatic carbocycles. The van der Waals surface area contributed by atoms with Crippen LogP contribution in [0.3, 0.4) is 0 Å². The number of hydrogen-bond acceptors (Lipinski definition) is 3. The molecule has 5 heterocycles. The summed E-state index contributed by atoms with van der Waals surface area (Å²) < 4.78 is 7.22. The van der Waals surface area contributed by atoms with Crippen molar-refractivity contribution in [3.05, 3.63) is 158 Å². The Kier molecular flexibility index (Phi) is 5.22. The Morgan fingerprint density at radius 2 is 1.09 bits per heavy atom. The molecular weight excluding hydrogens is 665 g/mol. The highest BCUT2D eigenvalue weighted by atomic mass is 32.1. The van der Waals surface area contributed by atoms with Crippen molar-refractivity contribution >= 4 is 113 Å². The Bertz CT molecular complexity index is 3700. The van der Waals surface area contributed by atoms with E-state index in [1.165, 1.54) is 75.1 Å². The fourth-order valence-electron chi connectivity index (χ4n) is 9.11. The first-order valence-corrected chi connectivity index (χ1v) is 18.8. The average Bonchev–Trinajstić information content (AvgIpc) is 3.95. The third-order valence-corrected chi connectivity index (χ3v) is 12.5. The molecule has 4 nitrogen and oxygen atoms in total. The van der Waals surface area contributed by atoms with Crippen LogP contribution in [0.15, 0.2) is 158 Å². The van der Waals surface area contributed by atoms with Gasteiger partial charge in [-0.1, -0.05) is 115 Å². The Hall–Kier alpha value is -6.82. The van der Waals surface area contributed by atoms with Crippen LogP contribution < -0.4 is 0 Å². The monoisotopic (exact) mass is 690 g/mol. The number of aromatic nitrogens is 4. The van der Waals surface area contributed by atoms with Gasteiger partial charge in [0.25, 0.3) is 0 Å². The van der Waals surface area contributed by atoms with Crippen LogP contribution in [0.5, 0.6) is 0 Å². The predicted octanol–water partition coefficient (Wildman–Crippen LogP) is 13.1. The van der Waals surface area contributed by atoms with Crippen LogP contribution in [0.1, 0.15) is 0 Å². The molecule has 0 fully saturated rings. The number of rotatable bonds is 2. The molecule has 0 bridgehead atoms. The van der Waals surface area contributed by atoms with Crippen LogP contribution in [0.2, 0.25) is 0 Å². The number of thiophene rings is 1. The predicted molar refractivity (Wildman–Crippen MR) is 224 cm³/mol. The molecule has 0 aliphatic heterocycles. The summed E-state index contributed by atoms with van der Waals surface area (Å²) >= 11 is 1.78. The van der Waals surface area contributed by atoms with E-state index in [1.807, 2.05) is 0 Å². The van der Waals surface area contributed by atoms with Crippen LogP contribution in [0, 0.1) is 0 Å². The molecule has 244 valence electrons. The highest BCUT2D eigenvalue weighted by Crippen LogP contribution is 2.48. The zero-order chi connectivity index (χ0) is 34.4. The topological polar surface area (TPSA) is 35.1 Å². The van der Waals surface area contributed by atoms with Crippen LogP contribution in [-0.2, 0) is 0 Å². The van der Waals surface area contributed by atoms with Gasteiger partial charge in [0.05, 0.1) is 37.8 Å². The quantitative estimate of drug-likeness (QED) is 0.181. The van der Waals surface area contributed by atoms with E-state index in [0.29, 0.717) is 0 Å². The van der Waals surface area contributed by atoms with Crippen molar-refractivity contribution < 1.29 is 0 Å². The molecule has 0 spiro atoms. The maximum atomic E-state index is 5.60. The van der Waals surface area contributed by atoms with Crippen molar-refractivity contribution in [2.45, 2.75) is 0 Å². The van der Waals surface area contributed by atoms with Gasteiger partial charge in [0, 0.05) is 48.0 Å². The van der Waals surface area contributed by atoms with Gasteiger partial charge in [-0.3, -0.25) is 4.57 Å². The second-order valence-corrected chi connectivity index (χ2v) is 15.2. The Balaban J connectivity index is 1.28. The fraction of sp³-hybridized carbons (Fsp3) is 0. The standard InChI is InChI=1S/C48H26N4S/c1-2-12-28-23-31(22-21-27(28)11-1)47-49-44-34-17-7-10-20-41(34)53-46(44)48(50-47)52-39-25-30-14-4-3-13-29(30)24-36(39)42-40(52)26-35-32-15-5-8-18-37(32)51-38-19-9-6-16-33(38)43(42)45(35)51/h1-26H. The average molecular weight is 691 g/mol. The van der Waals surface area contributed by atoms with Gasteiger partial charge in [-0.25, -0.2) is 9.97 Å². The van der Waals surface area contributed by atoms with E-state index in [-0.39, 0.29) is 0 Å². The van der Waals surface area contributed by atoms with Crippen molar-refractivity contribution in [3.63, 3.8) is 0 Å². The van der Waals surface area contributed by atoms with E-state index in [9.17, 15) is 0 Å². The van der Waals surface area contributed by atoms with Gasteiger partial charge in [-0.15, -0.1) is 11.3 Å². The molecule has 0 amide bonds. The van der Waals surface area contributed by atoms with E-state index in [2.05, 4.69) is 167 Å². The third-order valence-electron chi connectivity index (χ3n) is 11.4. The molecule has 13 aromatic rings. The maximum absolute atomic E-state index is 5.60. The van der Waals surface area contributed by atoms with E-state index < -0.39 is 0 Å². The van der Waals surface area contributed by atoms with Gasteiger partial charge in [0.1, 0.15) is 0 Å². The zero-order valence-corrected chi connectivity index (χ0v) is 29.0. The van der Waals surface area contributed by atoms with Gasteiger partial charge >= 0.3 is 0 Å². The summed E-state index contributed by atoms with van der Waals surface area (Å²) in [7, 11) is 0. The van der Waals surface area contributed by atoms with E-state index >= 15 is 0 Å². The number of fused-ring (bicyclic) bond motifs is 15. The number of benzene rings is 8. The SMILES string of the molecule is c1ccc2cc(-c3nc(-n4c5cc6ccccc6cc5c5c6c7ccccc7n7c8ccccc8c(cc54)c67)c4sc5ccccc5c4n3)ccc2c1. The minimum Gasteiger partial charge on any atom is -0.308 e. The third kappa shape index (κ3) is 3.59. The van der Waals surface area contributed by atoms with Crippen LogP contribution in [0.4, 0.5) is 0 Å². The van der Waals surface area contributed by atoms with Crippen LogP contribution >= 0.6 is 11.3 Å². The minimum atomic E-state index is 0.727. The van der Waals surface area contributed by atoms with Gasteiger partial charge in [0.15, 0.2) is 11.6 Å². The first-order valence-electron chi connectivity index (χ1n) is 18.0. The summed E-state index contributed by atoms with van der Waals surface area (Å²) in [6, 6.07) is 57.4. The lowest BCUT2D eigenvalue weighted by molar-refractivity contribution is 1.08. The molecule has 5 heteroatoms. The Morgan fingerprint density at radius 1 is 0.434 bits per heavy atom. The second kappa shape index (κ2) is 9.94. The largest absolute Gasteiger partial charge is 0.308 e.